The monoisotopic (exact) mass is 255 g/mol. The van der Waals surface area contributed by atoms with Crippen molar-refractivity contribution in [1.29, 1.82) is 0 Å². The van der Waals surface area contributed by atoms with E-state index in [1.54, 1.807) is 0 Å². The van der Waals surface area contributed by atoms with Crippen LogP contribution in [-0.2, 0) is 4.79 Å². The number of rotatable bonds is 5. The SMILES string of the molecule is CC(C)CC1CCCC(CC(=O)O)(C(C)(C)N)C1. The molecule has 18 heavy (non-hydrogen) atoms. The van der Waals surface area contributed by atoms with E-state index in [0.717, 1.165) is 19.3 Å². The summed E-state index contributed by atoms with van der Waals surface area (Å²) in [6.07, 6.45) is 5.68. The Bertz CT molecular complexity index is 293. The number of nitrogens with two attached hydrogens (primary N) is 1. The molecule has 1 rings (SSSR count). The maximum Gasteiger partial charge on any atom is 0.303 e. The lowest BCUT2D eigenvalue weighted by Crippen LogP contribution is -2.54. The van der Waals surface area contributed by atoms with Crippen molar-refractivity contribution in [2.45, 2.75) is 71.8 Å². The number of aliphatic carboxylic acids is 1. The molecule has 1 fully saturated rings. The van der Waals surface area contributed by atoms with Crippen LogP contribution in [0, 0.1) is 17.3 Å². The number of hydrogen-bond donors (Lipinski definition) is 2. The smallest absolute Gasteiger partial charge is 0.303 e. The molecule has 0 aromatic heterocycles. The predicted molar refractivity (Wildman–Crippen MR) is 74.4 cm³/mol. The topological polar surface area (TPSA) is 63.3 Å². The Morgan fingerprint density at radius 2 is 2.11 bits per heavy atom. The van der Waals surface area contributed by atoms with Gasteiger partial charge in [-0.3, -0.25) is 4.79 Å². The van der Waals surface area contributed by atoms with E-state index in [4.69, 9.17) is 5.73 Å². The fourth-order valence-corrected chi connectivity index (χ4v) is 3.62. The van der Waals surface area contributed by atoms with E-state index in [-0.39, 0.29) is 11.8 Å². The average Bonchev–Trinajstić information content (AvgIpc) is 2.13. The zero-order valence-electron chi connectivity index (χ0n) is 12.3. The van der Waals surface area contributed by atoms with Crippen LogP contribution in [0.3, 0.4) is 0 Å². The lowest BCUT2D eigenvalue weighted by Gasteiger charge is -2.49. The Hall–Kier alpha value is -0.570. The van der Waals surface area contributed by atoms with Gasteiger partial charge in [0.05, 0.1) is 6.42 Å². The highest BCUT2D eigenvalue weighted by atomic mass is 16.4. The van der Waals surface area contributed by atoms with Gasteiger partial charge in [0.1, 0.15) is 0 Å². The van der Waals surface area contributed by atoms with Crippen molar-refractivity contribution < 1.29 is 9.90 Å². The van der Waals surface area contributed by atoms with Crippen LogP contribution in [-0.4, -0.2) is 16.6 Å². The molecule has 0 radical (unpaired) electrons. The second-order valence-corrected chi connectivity index (χ2v) is 7.16. The van der Waals surface area contributed by atoms with E-state index in [1.165, 1.54) is 12.8 Å². The molecule has 0 bridgehead atoms. The maximum atomic E-state index is 11.2. The summed E-state index contributed by atoms with van der Waals surface area (Å²) in [4.78, 5) is 11.2. The summed E-state index contributed by atoms with van der Waals surface area (Å²) in [5.41, 5.74) is 5.68. The summed E-state index contributed by atoms with van der Waals surface area (Å²) in [6.45, 7) is 8.46. The third-order valence-electron chi connectivity index (χ3n) is 4.61. The highest BCUT2D eigenvalue weighted by Gasteiger charge is 2.46. The summed E-state index contributed by atoms with van der Waals surface area (Å²) in [6, 6.07) is 0. The lowest BCUT2D eigenvalue weighted by atomic mass is 9.58. The van der Waals surface area contributed by atoms with Crippen LogP contribution in [0.4, 0.5) is 0 Å². The van der Waals surface area contributed by atoms with Gasteiger partial charge in [-0.15, -0.1) is 0 Å². The van der Waals surface area contributed by atoms with E-state index in [1.807, 2.05) is 13.8 Å². The van der Waals surface area contributed by atoms with Gasteiger partial charge in [-0.2, -0.15) is 0 Å². The fourth-order valence-electron chi connectivity index (χ4n) is 3.62. The van der Waals surface area contributed by atoms with Crippen molar-refractivity contribution in [3.05, 3.63) is 0 Å². The van der Waals surface area contributed by atoms with Crippen molar-refractivity contribution in [3.63, 3.8) is 0 Å². The van der Waals surface area contributed by atoms with Gasteiger partial charge in [-0.1, -0.05) is 26.7 Å². The minimum absolute atomic E-state index is 0.213. The first kappa shape index (κ1) is 15.5. The second-order valence-electron chi connectivity index (χ2n) is 7.16. The molecule has 1 saturated carbocycles. The largest absolute Gasteiger partial charge is 0.481 e. The first-order valence-electron chi connectivity index (χ1n) is 7.17. The summed E-state index contributed by atoms with van der Waals surface area (Å²) in [5, 5.41) is 9.21. The second kappa shape index (κ2) is 5.60. The highest BCUT2D eigenvalue weighted by Crippen LogP contribution is 2.49. The van der Waals surface area contributed by atoms with Gasteiger partial charge in [0.2, 0.25) is 0 Å². The van der Waals surface area contributed by atoms with Crippen molar-refractivity contribution in [3.8, 4) is 0 Å². The van der Waals surface area contributed by atoms with Crippen LogP contribution < -0.4 is 5.73 Å². The van der Waals surface area contributed by atoms with E-state index in [0.29, 0.717) is 11.8 Å². The zero-order valence-corrected chi connectivity index (χ0v) is 12.3. The van der Waals surface area contributed by atoms with Gasteiger partial charge in [0, 0.05) is 5.54 Å². The standard InChI is InChI=1S/C15H29NO2/c1-11(2)8-12-6-5-7-15(9-12,10-13(17)18)14(3,4)16/h11-12H,5-10,16H2,1-4H3,(H,17,18). The molecule has 0 aromatic carbocycles. The molecule has 3 nitrogen and oxygen atoms in total. The van der Waals surface area contributed by atoms with Gasteiger partial charge in [0.15, 0.2) is 0 Å². The van der Waals surface area contributed by atoms with Gasteiger partial charge in [0.25, 0.3) is 0 Å². The number of carboxylic acid groups (broad SMARTS) is 1. The molecule has 106 valence electrons. The molecule has 2 atom stereocenters. The Morgan fingerprint density at radius 3 is 2.56 bits per heavy atom. The van der Waals surface area contributed by atoms with E-state index in [9.17, 15) is 9.90 Å². The van der Waals surface area contributed by atoms with Crippen molar-refractivity contribution >= 4 is 5.97 Å². The molecule has 3 N–H and O–H groups in total. The Balaban J connectivity index is 2.86. The molecule has 0 spiro atoms. The van der Waals surface area contributed by atoms with Crippen LogP contribution in [0.1, 0.15) is 66.2 Å². The van der Waals surface area contributed by atoms with Crippen LogP contribution >= 0.6 is 0 Å². The predicted octanol–water partition coefficient (Wildman–Crippen LogP) is 3.42. The number of carbonyl (C=O) groups is 1. The van der Waals surface area contributed by atoms with Crippen molar-refractivity contribution in [1.82, 2.24) is 0 Å². The molecule has 0 heterocycles. The zero-order chi connectivity index (χ0) is 14.0. The fraction of sp³-hybridized carbons (Fsp3) is 0.933. The average molecular weight is 255 g/mol. The quantitative estimate of drug-likeness (QED) is 0.791. The van der Waals surface area contributed by atoms with E-state index < -0.39 is 11.5 Å². The van der Waals surface area contributed by atoms with Gasteiger partial charge < -0.3 is 10.8 Å². The molecule has 0 aromatic rings. The first-order valence-corrected chi connectivity index (χ1v) is 7.17. The molecule has 0 aliphatic heterocycles. The summed E-state index contributed by atoms with van der Waals surface area (Å²) in [7, 11) is 0. The minimum atomic E-state index is -0.710. The normalized spacial score (nSPS) is 29.6. The molecule has 3 heteroatoms. The molecule has 0 saturated heterocycles. The molecular formula is C15H29NO2. The Labute approximate surface area is 111 Å². The van der Waals surface area contributed by atoms with Crippen molar-refractivity contribution in [2.75, 3.05) is 0 Å². The number of carboxylic acids is 1. The summed E-state index contributed by atoms with van der Waals surface area (Å²) >= 11 is 0. The van der Waals surface area contributed by atoms with Gasteiger partial charge in [-0.25, -0.2) is 0 Å². The molecule has 1 aliphatic rings. The maximum absolute atomic E-state index is 11.2. The van der Waals surface area contributed by atoms with Crippen LogP contribution in [0.5, 0.6) is 0 Å². The number of hydrogen-bond acceptors (Lipinski definition) is 2. The minimum Gasteiger partial charge on any atom is -0.481 e. The van der Waals surface area contributed by atoms with Crippen LogP contribution in [0.2, 0.25) is 0 Å². The molecule has 0 amide bonds. The van der Waals surface area contributed by atoms with E-state index >= 15 is 0 Å². The molecular weight excluding hydrogens is 226 g/mol. The first-order chi connectivity index (χ1) is 8.16. The highest BCUT2D eigenvalue weighted by molar-refractivity contribution is 5.68. The summed E-state index contributed by atoms with van der Waals surface area (Å²) in [5.74, 6) is 0.608. The Kier molecular flexibility index (Phi) is 4.82. The Morgan fingerprint density at radius 1 is 1.50 bits per heavy atom. The van der Waals surface area contributed by atoms with Crippen LogP contribution in [0.15, 0.2) is 0 Å². The lowest BCUT2D eigenvalue weighted by molar-refractivity contribution is -0.142. The van der Waals surface area contributed by atoms with Crippen molar-refractivity contribution in [2.24, 2.45) is 23.0 Å². The third kappa shape index (κ3) is 3.71. The molecule has 1 aliphatic carbocycles. The third-order valence-corrected chi connectivity index (χ3v) is 4.61. The van der Waals surface area contributed by atoms with Crippen LogP contribution in [0.25, 0.3) is 0 Å². The molecule has 2 unspecified atom stereocenters. The van der Waals surface area contributed by atoms with E-state index in [2.05, 4.69) is 13.8 Å². The van der Waals surface area contributed by atoms with Gasteiger partial charge in [-0.05, 0) is 50.4 Å². The summed E-state index contributed by atoms with van der Waals surface area (Å²) < 4.78 is 0. The van der Waals surface area contributed by atoms with Gasteiger partial charge >= 0.3 is 5.97 Å².